The molecule has 0 unspecified atom stereocenters. The smallest absolute Gasteiger partial charge is 0.282 e. The van der Waals surface area contributed by atoms with Crippen molar-refractivity contribution in [2.75, 3.05) is 33.8 Å². The Bertz CT molecular complexity index is 1190. The van der Waals surface area contributed by atoms with E-state index in [9.17, 15) is 9.59 Å². The quantitative estimate of drug-likeness (QED) is 0.294. The maximum atomic E-state index is 12.6. The minimum atomic E-state index is -0.645. The summed E-state index contributed by atoms with van der Waals surface area (Å²) in [4.78, 5) is 24.6. The number of carbonyl (C=O) groups excluding carboxylic acids is 2. The molecule has 0 radical (unpaired) electrons. The highest BCUT2D eigenvalue weighted by atomic mass is 35.5. The summed E-state index contributed by atoms with van der Waals surface area (Å²) in [5.74, 6) is 1.23. The summed E-state index contributed by atoms with van der Waals surface area (Å²) < 4.78 is 26.2. The van der Waals surface area contributed by atoms with E-state index >= 15 is 0 Å². The van der Waals surface area contributed by atoms with Crippen LogP contribution in [-0.2, 0) is 9.59 Å². The Kier molecular flexibility index (Phi) is 10.3. The fourth-order valence-corrected chi connectivity index (χ4v) is 4.28. The van der Waals surface area contributed by atoms with Crippen LogP contribution in [0.25, 0.3) is 21.6 Å². The summed E-state index contributed by atoms with van der Waals surface area (Å²) in [6.45, 7) is 0. The topological polar surface area (TPSA) is 150 Å². The van der Waals surface area contributed by atoms with Gasteiger partial charge in [0.25, 0.3) is 5.91 Å². The average molecular weight is 537 g/mol. The second-order valence-corrected chi connectivity index (χ2v) is 8.39. The van der Waals surface area contributed by atoms with Gasteiger partial charge in [0.2, 0.25) is 11.7 Å². The molecule has 12 heteroatoms. The van der Waals surface area contributed by atoms with Crippen molar-refractivity contribution in [3.8, 4) is 44.6 Å². The van der Waals surface area contributed by atoms with Crippen LogP contribution in [0.4, 0.5) is 5.69 Å². The molecule has 0 aliphatic carbocycles. The molecule has 0 saturated carbocycles. The number of nitrogens with one attached hydrogen (secondary N) is 1. The number of carbonyl (C=O) groups is 2. The van der Waals surface area contributed by atoms with Crippen LogP contribution in [0.2, 0.25) is 0 Å². The summed E-state index contributed by atoms with van der Waals surface area (Å²) in [5, 5.41) is 2.85. The molecule has 3 aromatic rings. The molecule has 194 valence electrons. The Morgan fingerprint density at radius 1 is 1.00 bits per heavy atom. The van der Waals surface area contributed by atoms with E-state index in [0.29, 0.717) is 28.7 Å². The van der Waals surface area contributed by atoms with Crippen LogP contribution in [0, 0.1) is 0 Å². The van der Waals surface area contributed by atoms with E-state index in [0.717, 1.165) is 21.6 Å². The molecule has 0 saturated heterocycles. The summed E-state index contributed by atoms with van der Waals surface area (Å²) >= 11 is 1.32. The van der Waals surface area contributed by atoms with E-state index in [1.807, 2.05) is 24.3 Å². The van der Waals surface area contributed by atoms with Crippen LogP contribution in [0.3, 0.4) is 0 Å². The monoisotopic (exact) mass is 536 g/mol. The highest BCUT2D eigenvalue weighted by Gasteiger charge is 2.22. The van der Waals surface area contributed by atoms with Gasteiger partial charge in [-0.1, -0.05) is 6.07 Å². The van der Waals surface area contributed by atoms with Crippen molar-refractivity contribution in [1.29, 1.82) is 0 Å². The number of ether oxygens (including phenoxy) is 4. The molecule has 0 bridgehead atoms. The number of amides is 2. The zero-order valence-electron chi connectivity index (χ0n) is 20.4. The van der Waals surface area contributed by atoms with Crippen molar-refractivity contribution in [3.05, 3.63) is 36.5 Å². The first kappa shape index (κ1) is 28.7. The third-order valence-electron chi connectivity index (χ3n) is 5.38. The number of benzene rings is 2. The third-order valence-corrected chi connectivity index (χ3v) is 6.22. The van der Waals surface area contributed by atoms with Gasteiger partial charge in [-0.2, -0.15) is 4.37 Å². The maximum Gasteiger partial charge on any atom is 0.282 e. The van der Waals surface area contributed by atoms with Gasteiger partial charge in [0, 0.05) is 30.2 Å². The maximum absolute atomic E-state index is 12.6. The van der Waals surface area contributed by atoms with E-state index in [1.54, 1.807) is 33.6 Å². The molecule has 10 nitrogen and oxygen atoms in total. The van der Waals surface area contributed by atoms with Gasteiger partial charge in [0.1, 0.15) is 5.75 Å². The fourth-order valence-electron chi connectivity index (χ4n) is 3.52. The minimum absolute atomic E-state index is 0. The molecule has 1 heterocycles. The molecule has 3 rings (SSSR count). The highest BCUT2D eigenvalue weighted by molar-refractivity contribution is 7.10. The van der Waals surface area contributed by atoms with Gasteiger partial charge in [-0.3, -0.25) is 9.59 Å². The van der Waals surface area contributed by atoms with E-state index in [4.69, 9.17) is 24.7 Å². The molecule has 0 aliphatic heterocycles. The Hall–Kier alpha value is -3.54. The molecule has 6 N–H and O–H groups in total. The number of hydrogen-bond donors (Lipinski definition) is 3. The van der Waals surface area contributed by atoms with Crippen LogP contribution >= 0.6 is 11.5 Å². The first-order chi connectivity index (χ1) is 16.8. The highest BCUT2D eigenvalue weighted by Crippen LogP contribution is 2.45. The number of anilines is 1. The molecule has 2 amide bonds. The summed E-state index contributed by atoms with van der Waals surface area (Å²) in [6.07, 6.45) is 2.09. The van der Waals surface area contributed by atoms with Crippen molar-refractivity contribution in [2.45, 2.75) is 18.9 Å². The molecule has 2 aromatic carbocycles. The van der Waals surface area contributed by atoms with Crippen molar-refractivity contribution in [3.63, 3.8) is 0 Å². The van der Waals surface area contributed by atoms with E-state index in [1.165, 1.54) is 18.6 Å². The largest absolute Gasteiger partial charge is 1.00 e. The van der Waals surface area contributed by atoms with Gasteiger partial charge >= 0.3 is 0 Å². The predicted octanol–water partition coefficient (Wildman–Crippen LogP) is -0.670. The van der Waals surface area contributed by atoms with Crippen molar-refractivity contribution >= 4 is 29.0 Å². The first-order valence-electron chi connectivity index (χ1n) is 10.7. The first-order valence-corrected chi connectivity index (χ1v) is 11.5. The minimum Gasteiger partial charge on any atom is -1.00 e. The molecule has 36 heavy (non-hydrogen) atoms. The molecule has 0 fully saturated rings. The zero-order chi connectivity index (χ0) is 25.5. The zero-order valence-corrected chi connectivity index (χ0v) is 22.0. The van der Waals surface area contributed by atoms with Gasteiger partial charge in [0.05, 0.1) is 39.0 Å². The molecule has 1 aromatic heterocycles. The van der Waals surface area contributed by atoms with Crippen LogP contribution in [-0.4, -0.2) is 50.7 Å². The number of nitrogens with two attached hydrogens (primary N) is 1. The van der Waals surface area contributed by atoms with E-state index in [-0.39, 0.29) is 31.2 Å². The fraction of sp³-hybridized carbons (Fsp3) is 0.292. The van der Waals surface area contributed by atoms with E-state index < -0.39 is 11.9 Å². The molecule has 0 spiro atoms. The number of hydrogen-bond acceptors (Lipinski definition) is 8. The van der Waals surface area contributed by atoms with Crippen molar-refractivity contribution < 1.29 is 46.7 Å². The van der Waals surface area contributed by atoms with Gasteiger partial charge in [-0.25, -0.2) is 0 Å². The van der Waals surface area contributed by atoms with Crippen molar-refractivity contribution in [2.24, 2.45) is 5.73 Å². The van der Waals surface area contributed by atoms with Crippen molar-refractivity contribution in [1.82, 2.24) is 4.37 Å². The Labute approximate surface area is 219 Å². The summed E-state index contributed by atoms with van der Waals surface area (Å²) in [6, 6.07) is 8.53. The number of quaternary nitrogens is 1. The van der Waals surface area contributed by atoms with Crippen LogP contribution in [0.1, 0.15) is 12.8 Å². The summed E-state index contributed by atoms with van der Waals surface area (Å²) in [5.41, 5.74) is 12.0. The standard InChI is InChI=1S/C24H28N4O6S.ClH/c1-31-18-7-5-13(9-17(18)28-24(30)16(25)6-8-21(26)29)15-12-27-35-23(15)14-10-19(32-2)22(34-4)20(11-14)33-3;/h5,7,9-12,16H,6,8,25H2,1-4H3,(H2,26,29)(H,28,30);1H/t16-;/m1./s1. The van der Waals surface area contributed by atoms with Gasteiger partial charge in [-0.15, -0.1) is 0 Å². The second-order valence-electron chi connectivity index (χ2n) is 7.59. The number of nitrogens with zero attached hydrogens (tertiary/aromatic N) is 1. The van der Waals surface area contributed by atoms with Gasteiger partial charge in [-0.05, 0) is 41.4 Å². The second kappa shape index (κ2) is 13.0. The Morgan fingerprint density at radius 3 is 2.19 bits per heavy atom. The Morgan fingerprint density at radius 2 is 1.64 bits per heavy atom. The van der Waals surface area contributed by atoms with E-state index in [2.05, 4.69) is 15.4 Å². The normalized spacial score (nSPS) is 11.1. The number of aromatic nitrogens is 1. The number of rotatable bonds is 11. The SMILES string of the molecule is COc1ccc(-c2cnsc2-c2cc(OC)c(OC)c(OC)c2)cc1NC(=O)[C@H]([NH3+])CCC(N)=O.[Cl-]. The number of halogens is 1. The number of methoxy groups -OCH3 is 4. The van der Waals surface area contributed by atoms with Crippen LogP contribution in [0.15, 0.2) is 36.5 Å². The lowest BCUT2D eigenvalue weighted by Crippen LogP contribution is -3.00. The average Bonchev–Trinajstić information content (AvgIpc) is 3.36. The Balaban J connectivity index is 0.00000456. The van der Waals surface area contributed by atoms with Crippen LogP contribution in [0.5, 0.6) is 23.0 Å². The van der Waals surface area contributed by atoms with Gasteiger partial charge in [0.15, 0.2) is 17.5 Å². The lowest BCUT2D eigenvalue weighted by atomic mass is 10.0. The van der Waals surface area contributed by atoms with Crippen LogP contribution < -0.4 is 48.1 Å². The molecular formula is C24H29ClN4O6S. The predicted molar refractivity (Wildman–Crippen MR) is 133 cm³/mol. The molecular weight excluding hydrogens is 508 g/mol. The lowest BCUT2D eigenvalue weighted by molar-refractivity contribution is -0.403. The van der Waals surface area contributed by atoms with Gasteiger partial charge < -0.3 is 48.1 Å². The lowest BCUT2D eigenvalue weighted by Gasteiger charge is -2.15. The third kappa shape index (κ3) is 6.36. The molecule has 1 atom stereocenters. The number of primary amides is 1. The summed E-state index contributed by atoms with van der Waals surface area (Å²) in [7, 11) is 6.20. The molecule has 0 aliphatic rings.